The lowest BCUT2D eigenvalue weighted by molar-refractivity contribution is -0.274. The van der Waals surface area contributed by atoms with E-state index in [4.69, 9.17) is 5.11 Å². The Hall–Kier alpha value is -1.80. The highest BCUT2D eigenvalue weighted by Gasteiger charge is 2.51. The summed E-state index contributed by atoms with van der Waals surface area (Å²) in [4.78, 5) is 14.5. The number of carbonyl (C=O) groups is 1. The van der Waals surface area contributed by atoms with Crippen molar-refractivity contribution in [2.24, 2.45) is 5.41 Å². The van der Waals surface area contributed by atoms with E-state index in [1.807, 2.05) is 0 Å². The van der Waals surface area contributed by atoms with Crippen molar-refractivity contribution < 1.29 is 32.9 Å². The molecule has 1 aromatic rings. The molecule has 0 unspecified atom stereocenters. The van der Waals surface area contributed by atoms with E-state index >= 15 is 0 Å². The molecule has 3 rings (SSSR count). The number of nitrogens with zero attached hydrogens (tertiary/aromatic N) is 1. The number of hydrogen-bond acceptors (Lipinski definition) is 4. The Morgan fingerprint density at radius 3 is 2.23 bits per heavy atom. The third kappa shape index (κ3) is 3.81. The second-order valence-corrected chi connectivity index (χ2v) is 7.23. The average Bonchev–Trinajstić information content (AvgIpc) is 2.88. The molecule has 2 N–H and O–H groups in total. The largest absolute Gasteiger partial charge is 0.573 e. The quantitative estimate of drug-likeness (QED) is 0.851. The van der Waals surface area contributed by atoms with Gasteiger partial charge in [0, 0.05) is 18.8 Å². The van der Waals surface area contributed by atoms with E-state index in [0.29, 0.717) is 50.8 Å². The maximum atomic E-state index is 12.9. The first-order valence-corrected chi connectivity index (χ1v) is 8.68. The third-order valence-corrected chi connectivity index (χ3v) is 5.61. The summed E-state index contributed by atoms with van der Waals surface area (Å²) >= 11 is 0. The maximum Gasteiger partial charge on any atom is 0.573 e. The summed E-state index contributed by atoms with van der Waals surface area (Å²) in [5.74, 6) is -0.373. The summed E-state index contributed by atoms with van der Waals surface area (Å²) in [5.41, 5.74) is -0.898. The van der Waals surface area contributed by atoms with Crippen LogP contribution in [0.3, 0.4) is 0 Å². The van der Waals surface area contributed by atoms with Crippen molar-refractivity contribution in [1.82, 2.24) is 0 Å². The van der Waals surface area contributed by atoms with Gasteiger partial charge in [0.05, 0.1) is 11.0 Å². The average molecular weight is 373 g/mol. The number of ether oxygens (including phenoxy) is 1. The molecular formula is C18H22F3NO4. The third-order valence-electron chi connectivity index (χ3n) is 5.61. The molecule has 1 spiro atoms. The molecule has 1 saturated carbocycles. The fourth-order valence-electron chi connectivity index (χ4n) is 4.01. The first kappa shape index (κ1) is 19.0. The number of rotatable bonds is 4. The highest BCUT2D eigenvalue weighted by atomic mass is 19.4. The Balaban J connectivity index is 1.68. The van der Waals surface area contributed by atoms with Crippen LogP contribution in [0.25, 0.3) is 0 Å². The predicted molar refractivity (Wildman–Crippen MR) is 87.6 cm³/mol. The zero-order chi connectivity index (χ0) is 19.0. The first-order valence-electron chi connectivity index (χ1n) is 8.68. The van der Waals surface area contributed by atoms with Crippen LogP contribution >= 0.6 is 0 Å². The van der Waals surface area contributed by atoms with Gasteiger partial charge in [0.15, 0.2) is 0 Å². The molecule has 8 heteroatoms. The zero-order valence-corrected chi connectivity index (χ0v) is 14.3. The van der Waals surface area contributed by atoms with Crippen LogP contribution in [0, 0.1) is 5.41 Å². The van der Waals surface area contributed by atoms with Crippen LogP contribution in [0.15, 0.2) is 24.3 Å². The fourth-order valence-corrected chi connectivity index (χ4v) is 4.01. The van der Waals surface area contributed by atoms with Gasteiger partial charge >= 0.3 is 6.36 Å². The molecule has 2 fully saturated rings. The molecular weight excluding hydrogens is 351 g/mol. The topological polar surface area (TPSA) is 70.0 Å². The molecule has 0 atom stereocenters. The van der Waals surface area contributed by atoms with Crippen molar-refractivity contribution in [1.29, 1.82) is 0 Å². The van der Waals surface area contributed by atoms with E-state index in [0.717, 1.165) is 0 Å². The van der Waals surface area contributed by atoms with Crippen LogP contribution in [0.4, 0.5) is 18.9 Å². The van der Waals surface area contributed by atoms with E-state index in [1.165, 1.54) is 24.3 Å². The molecule has 1 aliphatic heterocycles. The minimum Gasteiger partial charge on any atom is -0.406 e. The number of hydrogen-bond donors (Lipinski definition) is 2. The minimum atomic E-state index is -4.75. The lowest BCUT2D eigenvalue weighted by atomic mass is 9.67. The van der Waals surface area contributed by atoms with Gasteiger partial charge in [-0.1, -0.05) is 0 Å². The molecule has 1 heterocycles. The van der Waals surface area contributed by atoms with Crippen molar-refractivity contribution in [3.63, 3.8) is 0 Å². The van der Waals surface area contributed by atoms with Gasteiger partial charge in [0.1, 0.15) is 5.75 Å². The maximum absolute atomic E-state index is 12.9. The van der Waals surface area contributed by atoms with Crippen molar-refractivity contribution in [2.45, 2.75) is 50.5 Å². The number of alkyl halides is 3. The zero-order valence-electron chi connectivity index (χ0n) is 14.3. The molecule has 0 radical (unpaired) electrons. The van der Waals surface area contributed by atoms with Crippen molar-refractivity contribution in [3.8, 4) is 5.75 Å². The van der Waals surface area contributed by atoms with Crippen LogP contribution in [0.5, 0.6) is 5.75 Å². The Morgan fingerprint density at radius 2 is 1.69 bits per heavy atom. The highest BCUT2D eigenvalue weighted by Crippen LogP contribution is 2.49. The number of anilines is 1. The minimum absolute atomic E-state index is 0.0481. The van der Waals surface area contributed by atoms with Gasteiger partial charge in [-0.2, -0.15) is 0 Å². The van der Waals surface area contributed by atoms with Crippen LogP contribution < -0.4 is 9.64 Å². The van der Waals surface area contributed by atoms with Crippen molar-refractivity contribution in [2.75, 3.05) is 18.1 Å². The molecule has 26 heavy (non-hydrogen) atoms. The Morgan fingerprint density at radius 1 is 1.08 bits per heavy atom. The molecule has 1 aromatic carbocycles. The van der Waals surface area contributed by atoms with Gasteiger partial charge in [0.2, 0.25) is 5.91 Å². The lowest BCUT2D eigenvalue weighted by Gasteiger charge is -2.40. The number of carbonyl (C=O) groups excluding carboxylic acids is 1. The molecule has 0 aromatic heterocycles. The van der Waals surface area contributed by atoms with Crippen LogP contribution in [-0.2, 0) is 4.79 Å². The fraction of sp³-hybridized carbons (Fsp3) is 0.611. The molecule has 1 amide bonds. The van der Waals surface area contributed by atoms with Crippen molar-refractivity contribution in [3.05, 3.63) is 24.3 Å². The van der Waals surface area contributed by atoms with Gasteiger partial charge in [-0.05, 0) is 62.8 Å². The normalized spacial score (nSPS) is 29.4. The van der Waals surface area contributed by atoms with Crippen LogP contribution in [0.2, 0.25) is 0 Å². The van der Waals surface area contributed by atoms with E-state index < -0.39 is 17.4 Å². The van der Waals surface area contributed by atoms with Gasteiger partial charge in [-0.15, -0.1) is 13.2 Å². The molecule has 1 aliphatic carbocycles. The van der Waals surface area contributed by atoms with E-state index in [9.17, 15) is 23.1 Å². The summed E-state index contributed by atoms with van der Waals surface area (Å²) in [5, 5.41) is 19.5. The Kier molecular flexibility index (Phi) is 4.92. The lowest BCUT2D eigenvalue weighted by Crippen LogP contribution is -2.43. The molecule has 0 bridgehead atoms. The Bertz CT molecular complexity index is 651. The number of amides is 1. The molecule has 1 saturated heterocycles. The summed E-state index contributed by atoms with van der Waals surface area (Å²) in [6, 6.07) is 5.29. The standard InChI is InChI=1S/C18H22F3NO4/c19-18(20,21)26-14-3-1-13(2-4-14)22-11-9-16(15(22)24)5-7-17(25,8-6-16)10-12-23/h1-4,23,25H,5-12H2/t16-,17+. The van der Waals surface area contributed by atoms with Crippen LogP contribution in [-0.4, -0.2) is 41.2 Å². The number of benzene rings is 1. The summed E-state index contributed by atoms with van der Waals surface area (Å²) in [6.07, 6.45) is -1.76. The van der Waals surface area contributed by atoms with E-state index in [-0.39, 0.29) is 18.3 Å². The van der Waals surface area contributed by atoms with Gasteiger partial charge < -0.3 is 19.8 Å². The number of aliphatic hydroxyl groups is 2. The Labute approximate surface area is 149 Å². The molecule has 5 nitrogen and oxygen atoms in total. The summed E-state index contributed by atoms with van der Waals surface area (Å²) in [6.45, 7) is 0.409. The van der Waals surface area contributed by atoms with Crippen LogP contribution in [0.1, 0.15) is 38.5 Å². The predicted octanol–water partition coefficient (Wildman–Crippen LogP) is 3.00. The van der Waals surface area contributed by atoms with Gasteiger partial charge in [0.25, 0.3) is 0 Å². The second kappa shape index (κ2) is 6.74. The van der Waals surface area contributed by atoms with Crippen molar-refractivity contribution >= 4 is 11.6 Å². The monoisotopic (exact) mass is 373 g/mol. The van der Waals surface area contributed by atoms with E-state index in [1.54, 1.807) is 4.90 Å². The number of aliphatic hydroxyl groups excluding tert-OH is 1. The smallest absolute Gasteiger partial charge is 0.406 e. The van der Waals surface area contributed by atoms with Gasteiger partial charge in [-0.25, -0.2) is 0 Å². The van der Waals surface area contributed by atoms with E-state index in [2.05, 4.69) is 4.74 Å². The number of halogens is 3. The second-order valence-electron chi connectivity index (χ2n) is 7.23. The van der Waals surface area contributed by atoms with Gasteiger partial charge in [-0.3, -0.25) is 4.79 Å². The molecule has 144 valence electrons. The summed E-state index contributed by atoms with van der Waals surface area (Å²) < 4.78 is 40.6. The first-order chi connectivity index (χ1) is 12.2. The SMILES string of the molecule is O=C1N(c2ccc(OC(F)(F)F)cc2)CC[C@]12CC[C@@](O)(CCO)CC2. The molecule has 2 aliphatic rings. The highest BCUT2D eigenvalue weighted by molar-refractivity contribution is 6.00. The summed E-state index contributed by atoms with van der Waals surface area (Å²) in [7, 11) is 0.